The van der Waals surface area contributed by atoms with Gasteiger partial charge in [-0.25, -0.2) is 9.59 Å². The summed E-state index contributed by atoms with van der Waals surface area (Å²) in [6, 6.07) is 1.76. The Balaban J connectivity index is 0.00000167. The van der Waals surface area contributed by atoms with Crippen LogP contribution in [0.1, 0.15) is 154 Å². The van der Waals surface area contributed by atoms with Gasteiger partial charge in [-0.1, -0.05) is 122 Å². The molecule has 272 valence electrons. The highest BCUT2D eigenvalue weighted by atomic mass is 16.5. The summed E-state index contributed by atoms with van der Waals surface area (Å²) >= 11 is 0. The van der Waals surface area contributed by atoms with E-state index in [1.54, 1.807) is 6.07 Å². The topological polar surface area (TPSA) is 118 Å². The van der Waals surface area contributed by atoms with Crippen LogP contribution in [-0.2, 0) is 27.5 Å². The maximum absolute atomic E-state index is 12.9. The highest BCUT2D eigenvalue weighted by molar-refractivity contribution is 6.27. The number of carbonyl (C=O) groups is 2. The molecule has 9 heteroatoms. The lowest BCUT2D eigenvalue weighted by Crippen LogP contribution is -2.21. The number of carboxylic acid groups (broad SMARTS) is 2. The number of hydrogen-bond acceptors (Lipinski definition) is 6. The average Bonchev–Trinajstić information content (AvgIpc) is 3.04. The quantitative estimate of drug-likeness (QED) is 0.0746. The molecule has 0 spiro atoms. The number of aliphatic carboxylic acids is 2. The van der Waals surface area contributed by atoms with Gasteiger partial charge in [0.15, 0.2) is 5.75 Å². The fourth-order valence-electron chi connectivity index (χ4n) is 6.14. The molecule has 2 N–H and O–H groups in total. The van der Waals surface area contributed by atoms with Crippen molar-refractivity contribution in [2.75, 3.05) is 33.9 Å². The van der Waals surface area contributed by atoms with Gasteiger partial charge in [-0.15, -0.1) is 0 Å². The number of rotatable bonds is 26. The van der Waals surface area contributed by atoms with Crippen molar-refractivity contribution in [3.8, 4) is 5.75 Å². The minimum atomic E-state index is -1.82. The van der Waals surface area contributed by atoms with Crippen LogP contribution in [0, 0.1) is 5.92 Å². The van der Waals surface area contributed by atoms with Crippen LogP contribution in [0.15, 0.2) is 17.1 Å². The zero-order valence-corrected chi connectivity index (χ0v) is 30.2. The van der Waals surface area contributed by atoms with Crippen molar-refractivity contribution < 1.29 is 29.3 Å². The standard InChI is InChI=1S/C36H66N2O3.C2H2O4/c1-4-5-6-7-8-9-10-11-12-13-14-15-16-17-18-22-28-41-36-31-38(30-33-24-20-19-21-25-33)34(29-35(36)39)32-40-27-23-26-37(2)3;3-1(4)2(5)6/h29,31,33H,4-28,30,32H2,1-3H3;(H,3,4)(H,5,6). The largest absolute Gasteiger partial charge is 0.488 e. The first-order valence-electron chi connectivity index (χ1n) is 18.8. The lowest BCUT2D eigenvalue weighted by atomic mass is 9.89. The van der Waals surface area contributed by atoms with Crippen molar-refractivity contribution in [1.29, 1.82) is 0 Å². The molecule has 0 bridgehead atoms. The molecular weight excluding hydrogens is 596 g/mol. The minimum Gasteiger partial charge on any atom is -0.488 e. The number of aromatic nitrogens is 1. The van der Waals surface area contributed by atoms with E-state index < -0.39 is 11.9 Å². The summed E-state index contributed by atoms with van der Waals surface area (Å²) in [4.78, 5) is 33.2. The number of unbranched alkanes of at least 4 members (excludes halogenated alkanes) is 15. The summed E-state index contributed by atoms with van der Waals surface area (Å²) in [5.41, 5.74) is 0.980. The summed E-state index contributed by atoms with van der Waals surface area (Å²) in [5.74, 6) is -2.45. The Morgan fingerprint density at radius 2 is 1.28 bits per heavy atom. The van der Waals surface area contributed by atoms with Crippen LogP contribution < -0.4 is 10.2 Å². The van der Waals surface area contributed by atoms with Gasteiger partial charge in [0.25, 0.3) is 0 Å². The van der Waals surface area contributed by atoms with Crippen LogP contribution in [0.3, 0.4) is 0 Å². The van der Waals surface area contributed by atoms with E-state index in [1.807, 2.05) is 6.20 Å². The molecule has 1 aliphatic rings. The zero-order valence-electron chi connectivity index (χ0n) is 30.2. The molecule has 1 aromatic rings. The molecule has 1 saturated carbocycles. The van der Waals surface area contributed by atoms with Crippen molar-refractivity contribution in [3.05, 3.63) is 28.2 Å². The molecule has 1 heterocycles. The lowest BCUT2D eigenvalue weighted by molar-refractivity contribution is -0.159. The van der Waals surface area contributed by atoms with Crippen LogP contribution >= 0.6 is 0 Å². The van der Waals surface area contributed by atoms with Crippen molar-refractivity contribution >= 4 is 11.9 Å². The van der Waals surface area contributed by atoms with Gasteiger partial charge in [-0.05, 0) is 52.2 Å². The molecule has 0 aromatic carbocycles. The van der Waals surface area contributed by atoms with E-state index in [1.165, 1.54) is 128 Å². The highest BCUT2D eigenvalue weighted by Gasteiger charge is 2.17. The smallest absolute Gasteiger partial charge is 0.414 e. The van der Waals surface area contributed by atoms with E-state index in [0.29, 0.717) is 31.5 Å². The van der Waals surface area contributed by atoms with Gasteiger partial charge in [0, 0.05) is 24.9 Å². The first-order chi connectivity index (χ1) is 22.7. The van der Waals surface area contributed by atoms with Gasteiger partial charge in [0.2, 0.25) is 5.43 Å². The molecule has 0 unspecified atom stereocenters. The molecule has 0 saturated heterocycles. The SMILES string of the molecule is CCCCCCCCCCCCCCCCCCOc1cn(CC2CCCCC2)c(COCCCN(C)C)cc1=O.O=C(O)C(=O)O. The Labute approximate surface area is 285 Å². The van der Waals surface area contributed by atoms with Gasteiger partial charge in [0.05, 0.1) is 19.4 Å². The molecule has 1 fully saturated rings. The van der Waals surface area contributed by atoms with E-state index >= 15 is 0 Å². The van der Waals surface area contributed by atoms with E-state index in [-0.39, 0.29) is 5.43 Å². The average molecular weight is 665 g/mol. The molecule has 0 atom stereocenters. The third kappa shape index (κ3) is 23.6. The molecule has 0 amide bonds. The minimum absolute atomic E-state index is 0.00622. The second-order valence-electron chi connectivity index (χ2n) is 13.6. The Morgan fingerprint density at radius 1 is 0.766 bits per heavy atom. The fraction of sp³-hybridized carbons (Fsp3) is 0.816. The van der Waals surface area contributed by atoms with Gasteiger partial charge in [0.1, 0.15) is 0 Å². The predicted molar refractivity (Wildman–Crippen MR) is 190 cm³/mol. The molecule has 0 radical (unpaired) electrons. The van der Waals surface area contributed by atoms with Gasteiger partial charge >= 0.3 is 11.9 Å². The maximum Gasteiger partial charge on any atom is 0.414 e. The number of hydrogen-bond donors (Lipinski definition) is 2. The predicted octanol–water partition coefficient (Wildman–Crippen LogP) is 8.69. The van der Waals surface area contributed by atoms with Crippen molar-refractivity contribution in [3.63, 3.8) is 0 Å². The second-order valence-corrected chi connectivity index (χ2v) is 13.6. The molecule has 2 rings (SSSR count). The highest BCUT2D eigenvalue weighted by Crippen LogP contribution is 2.26. The summed E-state index contributed by atoms with van der Waals surface area (Å²) in [5, 5.41) is 14.8. The summed E-state index contributed by atoms with van der Waals surface area (Å²) in [6.07, 6.45) is 31.3. The van der Waals surface area contributed by atoms with Crippen LogP contribution in [-0.4, -0.2) is 65.5 Å². The van der Waals surface area contributed by atoms with Crippen molar-refractivity contribution in [2.24, 2.45) is 5.92 Å². The molecule has 1 aromatic heterocycles. The molecule has 1 aliphatic carbocycles. The molecule has 47 heavy (non-hydrogen) atoms. The van der Waals surface area contributed by atoms with E-state index in [9.17, 15) is 4.79 Å². The van der Waals surface area contributed by atoms with Crippen LogP contribution in [0.4, 0.5) is 0 Å². The van der Waals surface area contributed by atoms with Crippen molar-refractivity contribution in [1.82, 2.24) is 9.47 Å². The number of pyridine rings is 1. The molecule has 9 nitrogen and oxygen atoms in total. The van der Waals surface area contributed by atoms with E-state index in [4.69, 9.17) is 29.3 Å². The molecule has 0 aliphatic heterocycles. The third-order valence-corrected chi connectivity index (χ3v) is 8.94. The Morgan fingerprint density at radius 3 is 1.77 bits per heavy atom. The summed E-state index contributed by atoms with van der Waals surface area (Å²) < 4.78 is 14.3. The zero-order chi connectivity index (χ0) is 34.5. The van der Waals surface area contributed by atoms with Gasteiger partial charge in [-0.2, -0.15) is 0 Å². The van der Waals surface area contributed by atoms with Crippen LogP contribution in [0.2, 0.25) is 0 Å². The number of nitrogens with zero attached hydrogens (tertiary/aromatic N) is 2. The first kappa shape index (κ1) is 42.6. The molecular formula is C38H68N2O7. The summed E-state index contributed by atoms with van der Waals surface area (Å²) in [7, 11) is 4.17. The van der Waals surface area contributed by atoms with Crippen LogP contribution in [0.5, 0.6) is 5.75 Å². The second kappa shape index (κ2) is 28.6. The van der Waals surface area contributed by atoms with Gasteiger partial charge < -0.3 is 29.2 Å². The number of ether oxygens (including phenoxy) is 2. The Hall–Kier alpha value is -2.39. The summed E-state index contributed by atoms with van der Waals surface area (Å²) in [6.45, 7) is 6.12. The normalized spacial score (nSPS) is 13.4. The van der Waals surface area contributed by atoms with E-state index in [2.05, 4.69) is 30.5 Å². The van der Waals surface area contributed by atoms with E-state index in [0.717, 1.165) is 31.6 Å². The number of carboxylic acids is 2. The van der Waals surface area contributed by atoms with Crippen LogP contribution in [0.25, 0.3) is 0 Å². The monoisotopic (exact) mass is 665 g/mol. The lowest BCUT2D eigenvalue weighted by Gasteiger charge is -2.25. The maximum atomic E-state index is 12.9. The van der Waals surface area contributed by atoms with Gasteiger partial charge in [-0.3, -0.25) is 4.79 Å². The van der Waals surface area contributed by atoms with Crippen molar-refractivity contribution in [2.45, 2.75) is 161 Å². The fourth-order valence-corrected chi connectivity index (χ4v) is 6.14. The third-order valence-electron chi connectivity index (χ3n) is 8.94. The Bertz CT molecular complexity index is 977. The Kier molecular flexibility index (Phi) is 25.9. The first-order valence-corrected chi connectivity index (χ1v) is 18.8.